The number of anilines is 2. The number of carbonyl (C=O) groups excluding carboxylic acids is 3. The van der Waals surface area contributed by atoms with Crippen LogP contribution in [0.1, 0.15) is 67.7 Å². The van der Waals surface area contributed by atoms with Gasteiger partial charge in [-0.05, 0) is 106 Å². The van der Waals surface area contributed by atoms with Gasteiger partial charge in [0.25, 0.3) is 11.8 Å². The lowest BCUT2D eigenvalue weighted by Gasteiger charge is -2.28. The van der Waals surface area contributed by atoms with Gasteiger partial charge in [0.15, 0.2) is 5.69 Å². The molecule has 8 rings (SSSR count). The zero-order chi connectivity index (χ0) is 39.8. The summed E-state index contributed by atoms with van der Waals surface area (Å²) in [5.74, 6) is -0.336. The van der Waals surface area contributed by atoms with E-state index in [0.717, 1.165) is 22.5 Å². The van der Waals surface area contributed by atoms with Gasteiger partial charge in [0, 0.05) is 52.8 Å². The minimum absolute atomic E-state index is 0.131. The van der Waals surface area contributed by atoms with Gasteiger partial charge < -0.3 is 24.5 Å². The molecule has 0 saturated carbocycles. The van der Waals surface area contributed by atoms with E-state index in [2.05, 4.69) is 10.2 Å². The smallest absolute Gasteiger partial charge is 0.359 e. The fourth-order valence-electron chi connectivity index (χ4n) is 7.34. The second-order valence-corrected chi connectivity index (χ2v) is 13.7. The molecule has 0 bridgehead atoms. The highest BCUT2D eigenvalue weighted by molar-refractivity contribution is 6.09. The van der Waals surface area contributed by atoms with Gasteiger partial charge >= 0.3 is 5.97 Å². The van der Waals surface area contributed by atoms with Gasteiger partial charge in [-0.25, -0.2) is 14.2 Å². The lowest BCUT2D eigenvalue weighted by atomic mass is 10.0. The first kappa shape index (κ1) is 36.9. The Morgan fingerprint density at radius 3 is 1.84 bits per heavy atom. The molecule has 2 aliphatic heterocycles. The van der Waals surface area contributed by atoms with Crippen molar-refractivity contribution in [2.75, 3.05) is 36.6 Å². The summed E-state index contributed by atoms with van der Waals surface area (Å²) in [6.07, 6.45) is 1.76. The molecule has 0 atom stereocenters. The molecule has 0 unspecified atom stereocenters. The predicted octanol–water partition coefficient (Wildman–Crippen LogP) is 7.45. The van der Waals surface area contributed by atoms with E-state index in [9.17, 15) is 19.6 Å². The highest BCUT2D eigenvalue weighted by Crippen LogP contribution is 2.33. The predicted molar refractivity (Wildman–Crippen MR) is 213 cm³/mol. The van der Waals surface area contributed by atoms with Gasteiger partial charge in [0.2, 0.25) is 5.69 Å². The SMILES string of the molecule is CCOC(=O)c1nn(-c2ccc(C)cc2)c2c1CCN(c1ccc(/[N+]([O-])=N/c3ccc(N4CCc5c(CC)nn(-c6ccc(OC)cc6)c5C4=O)cc3)cc1)C2=O. The number of hydrogen-bond acceptors (Lipinski definition) is 9. The molecule has 0 saturated heterocycles. The molecule has 6 aromatic rings. The highest BCUT2D eigenvalue weighted by atomic mass is 16.5. The first-order chi connectivity index (χ1) is 27.7. The molecule has 288 valence electrons. The number of nitrogens with zero attached hydrogens (tertiary/aromatic N) is 8. The Morgan fingerprint density at radius 1 is 0.737 bits per heavy atom. The Balaban J connectivity index is 0.998. The quantitative estimate of drug-likeness (QED) is 0.0605. The summed E-state index contributed by atoms with van der Waals surface area (Å²) < 4.78 is 13.8. The number of esters is 1. The van der Waals surface area contributed by atoms with Gasteiger partial charge in [-0.2, -0.15) is 10.2 Å². The second-order valence-electron chi connectivity index (χ2n) is 13.7. The normalized spacial score (nSPS) is 14.1. The Labute approximate surface area is 328 Å². The molecule has 0 aliphatic carbocycles. The van der Waals surface area contributed by atoms with Crippen molar-refractivity contribution < 1.29 is 28.7 Å². The maximum Gasteiger partial charge on any atom is 0.359 e. The van der Waals surface area contributed by atoms with Gasteiger partial charge in [-0.3, -0.25) is 9.59 Å². The summed E-state index contributed by atoms with van der Waals surface area (Å²) >= 11 is 0. The van der Waals surface area contributed by atoms with E-state index >= 15 is 0 Å². The molecule has 0 spiro atoms. The van der Waals surface area contributed by atoms with Crippen molar-refractivity contribution in [1.82, 2.24) is 19.6 Å². The number of benzene rings is 4. The summed E-state index contributed by atoms with van der Waals surface area (Å²) in [7, 11) is 1.61. The number of aromatic nitrogens is 4. The molecule has 0 fully saturated rings. The van der Waals surface area contributed by atoms with Gasteiger partial charge in [-0.1, -0.05) is 29.5 Å². The lowest BCUT2D eigenvalue weighted by Crippen LogP contribution is -2.39. The third-order valence-corrected chi connectivity index (χ3v) is 10.3. The van der Waals surface area contributed by atoms with Crippen molar-refractivity contribution in [3.8, 4) is 17.1 Å². The number of amides is 2. The van der Waals surface area contributed by atoms with Gasteiger partial charge in [0.05, 0.1) is 30.8 Å². The van der Waals surface area contributed by atoms with Gasteiger partial charge in [0.1, 0.15) is 22.8 Å². The maximum atomic E-state index is 14.1. The van der Waals surface area contributed by atoms with Crippen LogP contribution >= 0.6 is 0 Å². The molecule has 14 heteroatoms. The monoisotopic (exact) mass is 764 g/mol. The van der Waals surface area contributed by atoms with Crippen LogP contribution in [0.2, 0.25) is 0 Å². The van der Waals surface area contributed by atoms with Crippen molar-refractivity contribution in [2.45, 2.75) is 40.0 Å². The van der Waals surface area contributed by atoms with E-state index in [1.165, 1.54) is 4.68 Å². The standard InChI is InChI=1S/C43H40N8O6/c1-5-37-35-23-25-47(41(52)39(35)49(45-37)32-19-21-34(56-4)22-20-32)29-13-9-28(10-14-29)44-51(55)33-17-15-30(16-18-33)48-26-24-36-38(43(54)57-6-2)46-50(40(36)42(48)53)31-11-7-27(3)8-12-31/h7-22H,5-6,23-26H2,1-4H3/b51-44-. The van der Waals surface area contributed by atoms with Crippen LogP contribution in [0.15, 0.2) is 102 Å². The van der Waals surface area contributed by atoms with Crippen molar-refractivity contribution in [2.24, 2.45) is 5.11 Å². The van der Waals surface area contributed by atoms with E-state index in [-0.39, 0.29) is 29.8 Å². The molecular formula is C43H40N8O6. The van der Waals surface area contributed by atoms with Crippen LogP contribution in [-0.4, -0.2) is 69.0 Å². The number of carbonyl (C=O) groups is 3. The molecule has 14 nitrogen and oxygen atoms in total. The number of methoxy groups -OCH3 is 1. The van der Waals surface area contributed by atoms with Crippen LogP contribution in [0.5, 0.6) is 5.75 Å². The molecule has 57 heavy (non-hydrogen) atoms. The first-order valence-electron chi connectivity index (χ1n) is 18.8. The molecule has 4 aromatic carbocycles. The highest BCUT2D eigenvalue weighted by Gasteiger charge is 2.36. The second kappa shape index (κ2) is 15.2. The van der Waals surface area contributed by atoms with Crippen molar-refractivity contribution >= 4 is 40.5 Å². The van der Waals surface area contributed by atoms with E-state index < -0.39 is 5.97 Å². The summed E-state index contributed by atoms with van der Waals surface area (Å²) in [5, 5.41) is 26.8. The summed E-state index contributed by atoms with van der Waals surface area (Å²) in [6.45, 7) is 6.71. The number of rotatable bonds is 10. The molecular weight excluding hydrogens is 725 g/mol. The summed E-state index contributed by atoms with van der Waals surface area (Å²) in [5.41, 5.74) is 7.75. The van der Waals surface area contributed by atoms with Gasteiger partial charge in [-0.15, -0.1) is 0 Å². The van der Waals surface area contributed by atoms with E-state index in [1.807, 2.05) is 62.4 Å². The van der Waals surface area contributed by atoms with Crippen LogP contribution in [0.4, 0.5) is 22.7 Å². The molecule has 2 amide bonds. The average molecular weight is 765 g/mol. The van der Waals surface area contributed by atoms with Crippen LogP contribution < -0.4 is 14.5 Å². The Kier molecular flexibility index (Phi) is 9.84. The Morgan fingerprint density at radius 2 is 1.26 bits per heavy atom. The number of aryl methyl sites for hydroxylation is 2. The van der Waals surface area contributed by atoms with Crippen LogP contribution in [-0.2, 0) is 24.0 Å². The molecule has 2 aliphatic rings. The van der Waals surface area contributed by atoms with E-state index in [4.69, 9.17) is 14.6 Å². The van der Waals surface area contributed by atoms with Crippen molar-refractivity contribution in [1.29, 1.82) is 0 Å². The third kappa shape index (κ3) is 6.79. The zero-order valence-electron chi connectivity index (χ0n) is 32.0. The number of azo groups is 1. The molecule has 4 heterocycles. The number of hydrogen-bond donors (Lipinski definition) is 0. The lowest BCUT2D eigenvalue weighted by molar-refractivity contribution is -0.435. The number of fused-ring (bicyclic) bond motifs is 2. The first-order valence-corrected chi connectivity index (χ1v) is 18.8. The third-order valence-electron chi connectivity index (χ3n) is 10.3. The van der Waals surface area contributed by atoms with Crippen LogP contribution in [0.3, 0.4) is 0 Å². The van der Waals surface area contributed by atoms with Crippen molar-refractivity contribution in [3.63, 3.8) is 0 Å². The fraction of sp³-hybridized carbons (Fsp3) is 0.233. The molecule has 2 aromatic heterocycles. The largest absolute Gasteiger partial charge is 0.594 e. The summed E-state index contributed by atoms with van der Waals surface area (Å²) in [6, 6.07) is 28.5. The van der Waals surface area contributed by atoms with Crippen LogP contribution in [0.25, 0.3) is 11.4 Å². The van der Waals surface area contributed by atoms with E-state index in [0.29, 0.717) is 82.7 Å². The Bertz CT molecular complexity index is 2520. The minimum Gasteiger partial charge on any atom is -0.594 e. The maximum absolute atomic E-state index is 14.1. The minimum atomic E-state index is -0.572. The Hall–Kier alpha value is -7.09. The van der Waals surface area contributed by atoms with Crippen molar-refractivity contribution in [3.05, 3.63) is 142 Å². The fourth-order valence-corrected chi connectivity index (χ4v) is 7.34. The summed E-state index contributed by atoms with van der Waals surface area (Å²) in [4.78, 5) is 44.7. The average Bonchev–Trinajstić information content (AvgIpc) is 3.82. The topological polar surface area (TPSA) is 150 Å². The van der Waals surface area contributed by atoms with E-state index in [1.54, 1.807) is 77.0 Å². The molecule has 0 N–H and O–H groups in total. The van der Waals surface area contributed by atoms with Crippen LogP contribution in [0, 0.1) is 12.1 Å². The number of ether oxygens (including phenoxy) is 2. The molecule has 0 radical (unpaired) electrons. The zero-order valence-corrected chi connectivity index (χ0v) is 32.0.